The second-order valence-electron chi connectivity index (χ2n) is 4.73. The average molecular weight is 240 g/mol. The van der Waals surface area contributed by atoms with Gasteiger partial charge in [0, 0.05) is 0 Å². The first-order chi connectivity index (χ1) is 7.88. The van der Waals surface area contributed by atoms with Gasteiger partial charge in [-0.3, -0.25) is 0 Å². The van der Waals surface area contributed by atoms with Crippen LogP contribution in [0.15, 0.2) is 23.8 Å². The summed E-state index contributed by atoms with van der Waals surface area (Å²) in [5.41, 5.74) is 1.44. The number of ether oxygens (including phenoxy) is 1. The van der Waals surface area contributed by atoms with Gasteiger partial charge in [-0.05, 0) is 39.0 Å². The van der Waals surface area contributed by atoms with E-state index in [1.807, 2.05) is 0 Å². The molecule has 0 aliphatic rings. The highest BCUT2D eigenvalue weighted by Gasteiger charge is 2.19. The number of methoxy groups -OCH3 is 1. The van der Waals surface area contributed by atoms with Crippen molar-refractivity contribution >= 4 is 5.97 Å². The van der Waals surface area contributed by atoms with Gasteiger partial charge in [0.25, 0.3) is 0 Å². The minimum Gasteiger partial charge on any atom is -0.466 e. The van der Waals surface area contributed by atoms with Crippen LogP contribution < -0.4 is 0 Å². The summed E-state index contributed by atoms with van der Waals surface area (Å²) in [6, 6.07) is 0. The SMILES string of the molecule is C=C(C(=O)OC)C(O)CC(C)CCC=C(C)C. The first-order valence-corrected chi connectivity index (χ1v) is 5.97. The van der Waals surface area contributed by atoms with Gasteiger partial charge in [-0.15, -0.1) is 0 Å². The van der Waals surface area contributed by atoms with Crippen LogP contribution in [-0.2, 0) is 9.53 Å². The number of carbonyl (C=O) groups excluding carboxylic acids is 1. The third-order valence-corrected chi connectivity index (χ3v) is 2.69. The monoisotopic (exact) mass is 240 g/mol. The zero-order chi connectivity index (χ0) is 13.4. The van der Waals surface area contributed by atoms with Crippen LogP contribution in [0.4, 0.5) is 0 Å². The molecular formula is C14H24O3. The fourth-order valence-electron chi connectivity index (χ4n) is 1.56. The van der Waals surface area contributed by atoms with Crippen LogP contribution in [0, 0.1) is 5.92 Å². The summed E-state index contributed by atoms with van der Waals surface area (Å²) >= 11 is 0. The Bertz CT molecular complexity index is 288. The van der Waals surface area contributed by atoms with E-state index in [-0.39, 0.29) is 5.57 Å². The number of rotatable bonds is 7. The number of carbonyl (C=O) groups is 1. The number of esters is 1. The summed E-state index contributed by atoms with van der Waals surface area (Å²) in [4.78, 5) is 11.1. The molecule has 2 unspecified atom stereocenters. The first-order valence-electron chi connectivity index (χ1n) is 5.97. The topological polar surface area (TPSA) is 46.5 Å². The summed E-state index contributed by atoms with van der Waals surface area (Å²) in [5, 5.41) is 9.78. The van der Waals surface area contributed by atoms with E-state index in [2.05, 4.69) is 38.2 Å². The van der Waals surface area contributed by atoms with Crippen molar-refractivity contribution in [2.75, 3.05) is 7.11 Å². The van der Waals surface area contributed by atoms with E-state index in [0.29, 0.717) is 12.3 Å². The maximum atomic E-state index is 11.1. The molecule has 0 fully saturated rings. The Balaban J connectivity index is 4.03. The fourth-order valence-corrected chi connectivity index (χ4v) is 1.56. The molecule has 0 heterocycles. The van der Waals surface area contributed by atoms with Gasteiger partial charge in [-0.25, -0.2) is 4.79 Å². The van der Waals surface area contributed by atoms with E-state index in [1.54, 1.807) is 0 Å². The molecule has 0 amide bonds. The van der Waals surface area contributed by atoms with Gasteiger partial charge in [0.2, 0.25) is 0 Å². The average Bonchev–Trinajstić information content (AvgIpc) is 2.26. The molecule has 3 heteroatoms. The highest BCUT2D eigenvalue weighted by molar-refractivity contribution is 5.88. The Morgan fingerprint density at radius 3 is 2.53 bits per heavy atom. The van der Waals surface area contributed by atoms with Crippen molar-refractivity contribution in [1.29, 1.82) is 0 Å². The fraction of sp³-hybridized carbons (Fsp3) is 0.643. The Morgan fingerprint density at radius 2 is 2.06 bits per heavy atom. The second-order valence-corrected chi connectivity index (χ2v) is 4.73. The zero-order valence-corrected chi connectivity index (χ0v) is 11.3. The largest absolute Gasteiger partial charge is 0.466 e. The van der Waals surface area contributed by atoms with Crippen LogP contribution in [0.5, 0.6) is 0 Å². The molecule has 98 valence electrons. The molecule has 0 aliphatic carbocycles. The summed E-state index contributed by atoms with van der Waals surface area (Å²) in [5.74, 6) is -0.184. The Kier molecular flexibility index (Phi) is 7.55. The van der Waals surface area contributed by atoms with Gasteiger partial charge in [0.05, 0.1) is 18.8 Å². The number of aliphatic hydroxyl groups excluding tert-OH is 1. The van der Waals surface area contributed by atoms with Gasteiger partial charge in [0.1, 0.15) is 0 Å². The first kappa shape index (κ1) is 15.9. The molecule has 0 radical (unpaired) electrons. The van der Waals surface area contributed by atoms with E-state index in [4.69, 9.17) is 0 Å². The van der Waals surface area contributed by atoms with E-state index in [9.17, 15) is 9.90 Å². The normalized spacial score (nSPS) is 13.7. The maximum absolute atomic E-state index is 11.1. The molecule has 0 spiro atoms. The van der Waals surface area contributed by atoms with Crippen LogP contribution in [0.3, 0.4) is 0 Å². The number of hydrogen-bond donors (Lipinski definition) is 1. The van der Waals surface area contributed by atoms with Gasteiger partial charge in [0.15, 0.2) is 0 Å². The minimum absolute atomic E-state index is 0.140. The third kappa shape index (κ3) is 6.95. The van der Waals surface area contributed by atoms with E-state index in [0.717, 1.165) is 12.8 Å². The summed E-state index contributed by atoms with van der Waals surface area (Å²) in [7, 11) is 1.29. The molecule has 0 aromatic heterocycles. The van der Waals surface area contributed by atoms with E-state index < -0.39 is 12.1 Å². The standard InChI is InChI=1S/C14H24O3/c1-10(2)7-6-8-11(3)9-13(15)12(4)14(16)17-5/h7,11,13,15H,4,6,8-9H2,1-3,5H3. The predicted molar refractivity (Wildman–Crippen MR) is 69.6 cm³/mol. The minimum atomic E-state index is -0.802. The van der Waals surface area contributed by atoms with Crippen molar-refractivity contribution in [2.45, 2.75) is 46.1 Å². The van der Waals surface area contributed by atoms with Crippen LogP contribution in [0.2, 0.25) is 0 Å². The lowest BCUT2D eigenvalue weighted by molar-refractivity contribution is -0.137. The maximum Gasteiger partial charge on any atom is 0.335 e. The smallest absolute Gasteiger partial charge is 0.335 e. The molecule has 1 N–H and O–H groups in total. The molecule has 0 bridgehead atoms. The lowest BCUT2D eigenvalue weighted by Gasteiger charge is -2.16. The number of hydrogen-bond acceptors (Lipinski definition) is 3. The molecule has 0 aromatic rings. The van der Waals surface area contributed by atoms with Crippen molar-refractivity contribution in [3.63, 3.8) is 0 Å². The van der Waals surface area contributed by atoms with Gasteiger partial charge < -0.3 is 9.84 Å². The molecular weight excluding hydrogens is 216 g/mol. The summed E-state index contributed by atoms with van der Waals surface area (Å²) in [6.45, 7) is 9.75. The number of allylic oxidation sites excluding steroid dienone is 2. The molecule has 0 saturated heterocycles. The van der Waals surface area contributed by atoms with E-state index in [1.165, 1.54) is 12.7 Å². The van der Waals surface area contributed by atoms with Crippen molar-refractivity contribution in [3.8, 4) is 0 Å². The van der Waals surface area contributed by atoms with Crippen molar-refractivity contribution < 1.29 is 14.6 Å². The Labute approximate surface area is 104 Å². The summed E-state index contributed by atoms with van der Waals surface area (Å²) in [6.07, 6.45) is 3.92. The molecule has 3 nitrogen and oxygen atoms in total. The van der Waals surface area contributed by atoms with Crippen LogP contribution in [0.25, 0.3) is 0 Å². The van der Waals surface area contributed by atoms with Gasteiger partial charge in [-0.1, -0.05) is 25.2 Å². The predicted octanol–water partition coefficient (Wildman–Crippen LogP) is 2.85. The molecule has 0 rings (SSSR count). The lowest BCUT2D eigenvalue weighted by Crippen LogP contribution is -2.20. The second kappa shape index (κ2) is 8.07. The molecule has 0 aliphatic heterocycles. The third-order valence-electron chi connectivity index (χ3n) is 2.69. The van der Waals surface area contributed by atoms with E-state index >= 15 is 0 Å². The summed E-state index contributed by atoms with van der Waals surface area (Å²) < 4.78 is 4.52. The molecule has 0 aromatic carbocycles. The molecule has 17 heavy (non-hydrogen) atoms. The van der Waals surface area contributed by atoms with Crippen molar-refractivity contribution in [1.82, 2.24) is 0 Å². The zero-order valence-electron chi connectivity index (χ0n) is 11.3. The highest BCUT2D eigenvalue weighted by Crippen LogP contribution is 2.17. The van der Waals surface area contributed by atoms with Gasteiger partial charge in [-0.2, -0.15) is 0 Å². The highest BCUT2D eigenvalue weighted by atomic mass is 16.5. The number of aliphatic hydroxyl groups is 1. The van der Waals surface area contributed by atoms with Crippen molar-refractivity contribution in [3.05, 3.63) is 23.8 Å². The molecule has 2 atom stereocenters. The Hall–Kier alpha value is -1.09. The molecule has 0 saturated carbocycles. The van der Waals surface area contributed by atoms with Crippen LogP contribution in [-0.4, -0.2) is 24.3 Å². The lowest BCUT2D eigenvalue weighted by atomic mass is 9.95. The Morgan fingerprint density at radius 1 is 1.47 bits per heavy atom. The van der Waals surface area contributed by atoms with Crippen LogP contribution >= 0.6 is 0 Å². The van der Waals surface area contributed by atoms with Gasteiger partial charge >= 0.3 is 5.97 Å². The quantitative estimate of drug-likeness (QED) is 0.423. The van der Waals surface area contributed by atoms with Crippen LogP contribution in [0.1, 0.15) is 40.0 Å². The van der Waals surface area contributed by atoms with Crippen molar-refractivity contribution in [2.24, 2.45) is 5.92 Å².